The second-order valence-corrected chi connectivity index (χ2v) is 22.2. The highest BCUT2D eigenvalue weighted by molar-refractivity contribution is 6.27. The van der Waals surface area contributed by atoms with Crippen LogP contribution in [0.25, 0.3) is 104 Å². The van der Waals surface area contributed by atoms with E-state index in [1.54, 1.807) is 0 Å². The number of hydrogen-bond donors (Lipinski definition) is 0. The summed E-state index contributed by atoms with van der Waals surface area (Å²) < 4.78 is 2.52. The van der Waals surface area contributed by atoms with Crippen LogP contribution in [0.5, 0.6) is 0 Å². The van der Waals surface area contributed by atoms with Crippen LogP contribution in [-0.4, -0.2) is 4.57 Å². The van der Waals surface area contributed by atoms with Gasteiger partial charge in [-0.1, -0.05) is 224 Å². The lowest BCUT2D eigenvalue weighted by molar-refractivity contribution is 0.590. The summed E-state index contributed by atoms with van der Waals surface area (Å²) in [6.07, 6.45) is 0. The van der Waals surface area contributed by atoms with Crippen molar-refractivity contribution >= 4 is 71.2 Å². The first-order valence-corrected chi connectivity index (χ1v) is 26.1. The largest absolute Gasteiger partial charge is 0.310 e. The maximum absolute atomic E-state index is 2.52. The van der Waals surface area contributed by atoms with Gasteiger partial charge in [0.05, 0.1) is 22.4 Å². The molecule has 0 unspecified atom stereocenters. The number of hydrogen-bond acceptors (Lipinski definition) is 1. The molecule has 0 aliphatic carbocycles. The fraction of sp³-hybridized carbons (Fsp3) is 0.111. The predicted octanol–water partition coefficient (Wildman–Crippen LogP) is 20.4. The van der Waals surface area contributed by atoms with Crippen molar-refractivity contribution in [2.45, 2.75) is 52.4 Å². The highest BCUT2D eigenvalue weighted by Crippen LogP contribution is 2.47. The molecule has 0 fully saturated rings. The Balaban J connectivity index is 0.962. The lowest BCUT2D eigenvalue weighted by Crippen LogP contribution is -2.10. The third-order valence-corrected chi connectivity index (χ3v) is 15.5. The molecule has 2 heteroatoms. The predicted molar refractivity (Wildman–Crippen MR) is 318 cm³/mol. The minimum absolute atomic E-state index is 0.0249. The summed E-state index contributed by atoms with van der Waals surface area (Å²) in [4.78, 5) is 2.45. The van der Waals surface area contributed by atoms with Crippen LogP contribution in [0.2, 0.25) is 0 Å². The van der Waals surface area contributed by atoms with Gasteiger partial charge in [-0.05, 0) is 149 Å². The standard InChI is InChI=1S/C72H58N2/c1-71(2,3)57-33-43-67-63(45-57)64-46-58(72(4,5)6)34-44-68(64)74(67)66-42-32-56-29-39-61-65(41-31-55-30-40-62(66)70(56)69(55)61)73(59-35-25-53(26-36-59)51-21-17-49(18-22-51)47-13-9-7-10-14-47)60-37-27-54(28-38-60)52-23-19-50(20-24-52)48-15-11-8-12-16-48/h7-46H,1-6H3. The first kappa shape index (κ1) is 45.2. The summed E-state index contributed by atoms with van der Waals surface area (Å²) in [5.74, 6) is 0. The van der Waals surface area contributed by atoms with Gasteiger partial charge in [-0.15, -0.1) is 0 Å². The monoisotopic (exact) mass is 950 g/mol. The molecule has 0 N–H and O–H groups in total. The van der Waals surface area contributed by atoms with Gasteiger partial charge in [0.15, 0.2) is 0 Å². The van der Waals surface area contributed by atoms with E-state index in [0.717, 1.165) is 17.1 Å². The Bertz CT molecular complexity index is 3990. The minimum atomic E-state index is 0.0249. The molecule has 1 heterocycles. The maximum atomic E-state index is 2.52. The smallest absolute Gasteiger partial charge is 0.0541 e. The second kappa shape index (κ2) is 17.5. The zero-order valence-corrected chi connectivity index (χ0v) is 43.0. The van der Waals surface area contributed by atoms with Crippen LogP contribution in [0.1, 0.15) is 52.7 Å². The van der Waals surface area contributed by atoms with Crippen LogP contribution in [-0.2, 0) is 10.8 Å². The molecule has 0 aliphatic rings. The van der Waals surface area contributed by atoms with Crippen molar-refractivity contribution in [1.29, 1.82) is 0 Å². The molecule has 13 rings (SSSR count). The minimum Gasteiger partial charge on any atom is -0.310 e. The molecule has 1 aromatic heterocycles. The van der Waals surface area contributed by atoms with Crippen molar-refractivity contribution in [3.05, 3.63) is 254 Å². The van der Waals surface area contributed by atoms with Crippen molar-refractivity contribution in [1.82, 2.24) is 4.57 Å². The van der Waals surface area contributed by atoms with Gasteiger partial charge in [0.2, 0.25) is 0 Å². The number of nitrogens with zero attached hydrogens (tertiary/aromatic N) is 2. The molecule has 0 aliphatic heterocycles. The van der Waals surface area contributed by atoms with Gasteiger partial charge in [-0.25, -0.2) is 0 Å². The lowest BCUT2D eigenvalue weighted by atomic mass is 9.85. The summed E-state index contributed by atoms with van der Waals surface area (Å²) >= 11 is 0. The van der Waals surface area contributed by atoms with E-state index < -0.39 is 0 Å². The molecule has 0 bridgehead atoms. The van der Waals surface area contributed by atoms with Crippen molar-refractivity contribution < 1.29 is 0 Å². The Morgan fingerprint density at radius 3 is 1.07 bits per heavy atom. The Kier molecular flexibility index (Phi) is 10.7. The second-order valence-electron chi connectivity index (χ2n) is 22.2. The number of aromatic nitrogens is 1. The van der Waals surface area contributed by atoms with Crippen LogP contribution >= 0.6 is 0 Å². The third-order valence-electron chi connectivity index (χ3n) is 15.5. The van der Waals surface area contributed by atoms with Crippen molar-refractivity contribution in [2.75, 3.05) is 4.90 Å². The summed E-state index contributed by atoms with van der Waals surface area (Å²) in [7, 11) is 0. The number of benzene rings is 12. The van der Waals surface area contributed by atoms with E-state index in [1.807, 2.05) is 0 Å². The maximum Gasteiger partial charge on any atom is 0.0541 e. The first-order chi connectivity index (χ1) is 35.9. The van der Waals surface area contributed by atoms with Gasteiger partial charge in [0.25, 0.3) is 0 Å². The molecular formula is C72H58N2. The summed E-state index contributed by atoms with van der Waals surface area (Å²) in [6, 6.07) is 90.2. The molecule has 12 aromatic carbocycles. The van der Waals surface area contributed by atoms with Gasteiger partial charge in [-0.3, -0.25) is 0 Å². The van der Waals surface area contributed by atoms with Crippen LogP contribution in [0, 0.1) is 0 Å². The van der Waals surface area contributed by atoms with E-state index in [9.17, 15) is 0 Å². The molecular weight excluding hydrogens is 893 g/mol. The van der Waals surface area contributed by atoms with Gasteiger partial charge in [0, 0.05) is 32.9 Å². The molecule has 74 heavy (non-hydrogen) atoms. The molecule has 0 atom stereocenters. The van der Waals surface area contributed by atoms with Crippen LogP contribution < -0.4 is 4.90 Å². The SMILES string of the molecule is CC(C)(C)c1ccc2c(c1)c1cc(C(C)(C)C)ccc1n2-c1ccc2ccc3c(N(c4ccc(-c5ccc(-c6ccccc6)cc5)cc4)c4ccc(-c5ccc(-c6ccccc6)cc5)cc4)ccc4ccc1c2c43. The van der Waals surface area contributed by atoms with Gasteiger partial charge in [-0.2, -0.15) is 0 Å². The Hall–Kier alpha value is -8.72. The average molecular weight is 951 g/mol. The molecule has 0 spiro atoms. The van der Waals surface area contributed by atoms with Gasteiger partial charge >= 0.3 is 0 Å². The van der Waals surface area contributed by atoms with Gasteiger partial charge in [0.1, 0.15) is 0 Å². The number of rotatable bonds is 8. The summed E-state index contributed by atoms with van der Waals surface area (Å²) in [5.41, 5.74) is 19.3. The molecule has 0 saturated heterocycles. The normalized spacial score (nSPS) is 12.2. The average Bonchev–Trinajstić information content (AvgIpc) is 3.77. The quantitative estimate of drug-likeness (QED) is 0.138. The molecule has 0 saturated carbocycles. The zero-order chi connectivity index (χ0) is 50.3. The van der Waals surface area contributed by atoms with E-state index in [1.165, 1.54) is 115 Å². The molecule has 0 radical (unpaired) electrons. The molecule has 0 amide bonds. The lowest BCUT2D eigenvalue weighted by Gasteiger charge is -2.28. The fourth-order valence-electron chi connectivity index (χ4n) is 11.4. The Morgan fingerprint density at radius 2 is 0.649 bits per heavy atom. The van der Waals surface area contributed by atoms with Crippen LogP contribution in [0.4, 0.5) is 17.1 Å². The molecule has 356 valence electrons. The zero-order valence-electron chi connectivity index (χ0n) is 43.0. The highest BCUT2D eigenvalue weighted by atomic mass is 15.1. The number of anilines is 3. The third kappa shape index (κ3) is 7.81. The van der Waals surface area contributed by atoms with Crippen molar-refractivity contribution in [2.24, 2.45) is 0 Å². The Morgan fingerprint density at radius 1 is 0.297 bits per heavy atom. The van der Waals surface area contributed by atoms with Gasteiger partial charge < -0.3 is 9.47 Å². The van der Waals surface area contributed by atoms with Crippen molar-refractivity contribution in [3.63, 3.8) is 0 Å². The van der Waals surface area contributed by atoms with E-state index in [4.69, 9.17) is 0 Å². The summed E-state index contributed by atoms with van der Waals surface area (Å²) in [5, 5.41) is 10.1. The van der Waals surface area contributed by atoms with E-state index in [-0.39, 0.29) is 10.8 Å². The first-order valence-electron chi connectivity index (χ1n) is 26.1. The van der Waals surface area contributed by atoms with E-state index in [0.29, 0.717) is 0 Å². The van der Waals surface area contributed by atoms with E-state index in [2.05, 4.69) is 294 Å². The van der Waals surface area contributed by atoms with Crippen LogP contribution in [0.3, 0.4) is 0 Å². The van der Waals surface area contributed by atoms with Crippen molar-refractivity contribution in [3.8, 4) is 50.2 Å². The molecule has 2 nitrogen and oxygen atoms in total. The fourth-order valence-corrected chi connectivity index (χ4v) is 11.4. The molecule has 13 aromatic rings. The Labute approximate surface area is 434 Å². The summed E-state index contributed by atoms with van der Waals surface area (Å²) in [6.45, 7) is 13.9. The number of fused-ring (bicyclic) bond motifs is 3. The highest BCUT2D eigenvalue weighted by Gasteiger charge is 2.24. The van der Waals surface area contributed by atoms with Crippen LogP contribution in [0.15, 0.2) is 243 Å². The van der Waals surface area contributed by atoms with E-state index >= 15 is 0 Å². The topological polar surface area (TPSA) is 8.17 Å².